The predicted octanol–water partition coefficient (Wildman–Crippen LogP) is 4.49. The molecule has 1 saturated carbocycles. The number of amides is 1. The first kappa shape index (κ1) is 17.3. The number of fused-ring (bicyclic) bond motifs is 1. The summed E-state index contributed by atoms with van der Waals surface area (Å²) < 4.78 is 1.22. The molecule has 0 radical (unpaired) electrons. The Morgan fingerprint density at radius 2 is 1.92 bits per heavy atom. The van der Waals surface area contributed by atoms with Crippen molar-refractivity contribution in [3.8, 4) is 0 Å². The van der Waals surface area contributed by atoms with Crippen molar-refractivity contribution in [1.82, 2.24) is 9.80 Å². The molecule has 0 unspecified atom stereocenters. The van der Waals surface area contributed by atoms with E-state index in [2.05, 4.69) is 22.8 Å². The average molecular weight is 377 g/mol. The molecule has 1 aliphatic carbocycles. The molecule has 0 spiro atoms. The van der Waals surface area contributed by atoms with Crippen LogP contribution in [0.4, 0.5) is 0 Å². The molecule has 1 aromatic heterocycles. The van der Waals surface area contributed by atoms with Gasteiger partial charge in [-0.25, -0.2) is 0 Å². The Hall–Kier alpha value is -1.10. The monoisotopic (exact) mass is 376 g/mol. The first-order chi connectivity index (χ1) is 12.1. The summed E-state index contributed by atoms with van der Waals surface area (Å²) >= 11 is 7.85. The molecule has 134 valence electrons. The van der Waals surface area contributed by atoms with Crippen molar-refractivity contribution >= 4 is 38.9 Å². The molecular weight excluding hydrogens is 352 g/mol. The van der Waals surface area contributed by atoms with E-state index in [4.69, 9.17) is 11.6 Å². The molecule has 1 aromatic carbocycles. The summed E-state index contributed by atoms with van der Waals surface area (Å²) in [5.74, 6) is 0.270. The summed E-state index contributed by atoms with van der Waals surface area (Å²) in [4.78, 5) is 18.6. The lowest BCUT2D eigenvalue weighted by Crippen LogP contribution is -2.51. The van der Waals surface area contributed by atoms with Crippen LogP contribution in [0, 0.1) is 6.92 Å². The van der Waals surface area contributed by atoms with Gasteiger partial charge in [0, 0.05) is 46.8 Å². The fraction of sp³-hybridized carbons (Fsp3) is 0.550. The molecule has 0 N–H and O–H groups in total. The molecule has 25 heavy (non-hydrogen) atoms. The molecule has 0 atom stereocenters. The van der Waals surface area contributed by atoms with E-state index in [0.29, 0.717) is 6.42 Å². The van der Waals surface area contributed by atoms with Crippen LogP contribution in [0.5, 0.6) is 0 Å². The van der Waals surface area contributed by atoms with Crippen LogP contribution in [0.1, 0.15) is 36.1 Å². The number of hydrogen-bond acceptors (Lipinski definition) is 3. The average Bonchev–Trinajstić information content (AvgIpc) is 3.25. The second-order valence-corrected chi connectivity index (χ2v) is 8.90. The van der Waals surface area contributed by atoms with E-state index in [0.717, 1.165) is 37.2 Å². The molecular formula is C20H25ClN2OS. The van der Waals surface area contributed by atoms with Gasteiger partial charge in [-0.3, -0.25) is 9.69 Å². The van der Waals surface area contributed by atoms with Gasteiger partial charge in [-0.1, -0.05) is 24.4 Å². The van der Waals surface area contributed by atoms with Gasteiger partial charge < -0.3 is 4.90 Å². The van der Waals surface area contributed by atoms with Crippen LogP contribution in [-0.2, 0) is 11.2 Å². The molecule has 2 aromatic rings. The van der Waals surface area contributed by atoms with Crippen LogP contribution in [0.25, 0.3) is 10.1 Å². The third kappa shape index (κ3) is 3.57. The molecule has 2 aliphatic rings. The minimum atomic E-state index is 0.270. The van der Waals surface area contributed by atoms with E-state index >= 15 is 0 Å². The zero-order valence-corrected chi connectivity index (χ0v) is 16.3. The zero-order chi connectivity index (χ0) is 17.4. The Morgan fingerprint density at radius 3 is 2.64 bits per heavy atom. The van der Waals surface area contributed by atoms with Crippen LogP contribution >= 0.6 is 22.9 Å². The third-order valence-electron chi connectivity index (χ3n) is 5.82. The van der Waals surface area contributed by atoms with E-state index in [-0.39, 0.29) is 5.91 Å². The number of benzene rings is 1. The van der Waals surface area contributed by atoms with E-state index in [1.807, 2.05) is 12.1 Å². The maximum atomic E-state index is 12.8. The van der Waals surface area contributed by atoms with Crippen molar-refractivity contribution in [2.75, 3.05) is 26.2 Å². The summed E-state index contributed by atoms with van der Waals surface area (Å²) in [5, 5.41) is 1.95. The van der Waals surface area contributed by atoms with Crippen LogP contribution in [-0.4, -0.2) is 47.9 Å². The van der Waals surface area contributed by atoms with E-state index < -0.39 is 0 Å². The first-order valence-electron chi connectivity index (χ1n) is 9.31. The lowest BCUT2D eigenvalue weighted by Gasteiger charge is -2.38. The second-order valence-electron chi connectivity index (χ2n) is 7.32. The molecule has 3 nitrogen and oxygen atoms in total. The molecule has 0 bridgehead atoms. The van der Waals surface area contributed by atoms with Gasteiger partial charge >= 0.3 is 0 Å². The van der Waals surface area contributed by atoms with Crippen molar-refractivity contribution in [3.05, 3.63) is 33.7 Å². The van der Waals surface area contributed by atoms with Crippen LogP contribution in [0.2, 0.25) is 5.02 Å². The highest BCUT2D eigenvalue weighted by Gasteiger charge is 2.28. The molecule has 1 amide bonds. The molecule has 2 fully saturated rings. The van der Waals surface area contributed by atoms with Gasteiger partial charge in [0.2, 0.25) is 5.91 Å². The van der Waals surface area contributed by atoms with Gasteiger partial charge in [-0.15, -0.1) is 11.3 Å². The fourth-order valence-corrected chi connectivity index (χ4v) is 5.62. The summed E-state index contributed by atoms with van der Waals surface area (Å²) in [6, 6.07) is 6.76. The summed E-state index contributed by atoms with van der Waals surface area (Å²) in [7, 11) is 0. The number of aryl methyl sites for hydroxylation is 1. The molecule has 2 heterocycles. The number of nitrogens with zero attached hydrogens (tertiary/aromatic N) is 2. The SMILES string of the molecule is Cc1c(CC(=O)N2CCN(C3CCCC3)CC2)sc2ccc(Cl)cc12. The topological polar surface area (TPSA) is 23.6 Å². The van der Waals surface area contributed by atoms with Gasteiger partial charge in [0.05, 0.1) is 6.42 Å². The molecule has 5 heteroatoms. The number of piperazine rings is 1. The van der Waals surface area contributed by atoms with E-state index in [1.165, 1.54) is 46.2 Å². The highest BCUT2D eigenvalue weighted by molar-refractivity contribution is 7.19. The maximum absolute atomic E-state index is 12.8. The normalized spacial score (nSPS) is 19.8. The number of carbonyl (C=O) groups is 1. The van der Waals surface area contributed by atoms with Crippen LogP contribution in [0.3, 0.4) is 0 Å². The van der Waals surface area contributed by atoms with Gasteiger partial charge in [-0.2, -0.15) is 0 Å². The predicted molar refractivity (Wildman–Crippen MR) is 106 cm³/mol. The minimum absolute atomic E-state index is 0.270. The summed E-state index contributed by atoms with van der Waals surface area (Å²) in [6.45, 7) is 5.95. The van der Waals surface area contributed by atoms with E-state index in [9.17, 15) is 4.79 Å². The Morgan fingerprint density at radius 1 is 1.20 bits per heavy atom. The lowest BCUT2D eigenvalue weighted by atomic mass is 10.1. The fourth-order valence-electron chi connectivity index (χ4n) is 4.27. The highest BCUT2D eigenvalue weighted by atomic mass is 35.5. The molecule has 1 saturated heterocycles. The summed E-state index contributed by atoms with van der Waals surface area (Å²) in [5.41, 5.74) is 1.21. The Bertz CT molecular complexity index is 773. The number of halogens is 1. The smallest absolute Gasteiger partial charge is 0.227 e. The quantitative estimate of drug-likeness (QED) is 0.787. The number of thiophene rings is 1. The maximum Gasteiger partial charge on any atom is 0.227 e. The number of carbonyl (C=O) groups excluding carboxylic acids is 1. The van der Waals surface area contributed by atoms with Crippen molar-refractivity contribution in [2.24, 2.45) is 0 Å². The lowest BCUT2D eigenvalue weighted by molar-refractivity contribution is -0.132. The van der Waals surface area contributed by atoms with Crippen molar-refractivity contribution < 1.29 is 4.79 Å². The number of rotatable bonds is 3. The molecule has 1 aliphatic heterocycles. The third-order valence-corrected chi connectivity index (χ3v) is 7.32. The van der Waals surface area contributed by atoms with E-state index in [1.54, 1.807) is 11.3 Å². The highest BCUT2D eigenvalue weighted by Crippen LogP contribution is 2.33. The van der Waals surface area contributed by atoms with Gasteiger partial charge in [0.1, 0.15) is 0 Å². The molecule has 4 rings (SSSR count). The van der Waals surface area contributed by atoms with Gasteiger partial charge in [-0.05, 0) is 48.9 Å². The summed E-state index contributed by atoms with van der Waals surface area (Å²) in [6.07, 6.45) is 5.96. The van der Waals surface area contributed by atoms with Gasteiger partial charge in [0.15, 0.2) is 0 Å². The minimum Gasteiger partial charge on any atom is -0.340 e. The standard InChI is InChI=1S/C20H25ClN2OS/c1-14-17-12-15(21)6-7-18(17)25-19(14)13-20(24)23-10-8-22(9-11-23)16-4-2-3-5-16/h6-7,12,16H,2-5,8-11,13H2,1H3. The Labute approximate surface area is 158 Å². The second kappa shape index (κ2) is 7.26. The van der Waals surface area contributed by atoms with Gasteiger partial charge in [0.25, 0.3) is 0 Å². The van der Waals surface area contributed by atoms with Crippen LogP contribution in [0.15, 0.2) is 18.2 Å². The van der Waals surface area contributed by atoms with Crippen molar-refractivity contribution in [3.63, 3.8) is 0 Å². The Kier molecular flexibility index (Phi) is 5.03. The van der Waals surface area contributed by atoms with Crippen molar-refractivity contribution in [1.29, 1.82) is 0 Å². The van der Waals surface area contributed by atoms with Crippen LogP contribution < -0.4 is 0 Å². The van der Waals surface area contributed by atoms with Crippen molar-refractivity contribution in [2.45, 2.75) is 45.1 Å². The zero-order valence-electron chi connectivity index (χ0n) is 14.8. The Balaban J connectivity index is 1.40. The number of hydrogen-bond donors (Lipinski definition) is 0. The largest absolute Gasteiger partial charge is 0.340 e. The first-order valence-corrected chi connectivity index (χ1v) is 10.5.